The van der Waals surface area contributed by atoms with Gasteiger partial charge in [0, 0.05) is 23.3 Å². The Hall–Kier alpha value is -2.96. The largest absolute Gasteiger partial charge is 0.352 e. The minimum Gasteiger partial charge on any atom is -0.352 e. The summed E-state index contributed by atoms with van der Waals surface area (Å²) in [5.74, 6) is -0.718. The number of nitrogens with one attached hydrogen (secondary N) is 1. The summed E-state index contributed by atoms with van der Waals surface area (Å²) in [6.45, 7) is 2.21. The first-order valence-electron chi connectivity index (χ1n) is 9.26. The molecule has 0 aliphatic carbocycles. The van der Waals surface area contributed by atoms with E-state index in [1.807, 2.05) is 18.2 Å². The second-order valence-corrected chi connectivity index (χ2v) is 7.63. The van der Waals surface area contributed by atoms with E-state index in [4.69, 9.17) is 23.2 Å². The highest BCUT2D eigenvalue weighted by Crippen LogP contribution is 2.33. The van der Waals surface area contributed by atoms with E-state index < -0.39 is 5.82 Å². The molecule has 2 aromatic heterocycles. The number of carbonyl (C=O) groups excluding carboxylic acids is 1. The highest BCUT2D eigenvalue weighted by molar-refractivity contribution is 6.33. The molecule has 0 saturated heterocycles. The van der Waals surface area contributed by atoms with Crippen molar-refractivity contribution < 1.29 is 9.18 Å². The number of amides is 1. The summed E-state index contributed by atoms with van der Waals surface area (Å²) in [5.41, 5.74) is 3.15. The van der Waals surface area contributed by atoms with Gasteiger partial charge in [0.1, 0.15) is 5.82 Å². The number of aromatic nitrogens is 3. The molecule has 0 spiro atoms. The van der Waals surface area contributed by atoms with Crippen LogP contribution < -0.4 is 5.32 Å². The molecule has 8 heteroatoms. The van der Waals surface area contributed by atoms with Crippen LogP contribution in [0.3, 0.4) is 0 Å². The van der Waals surface area contributed by atoms with Crippen LogP contribution in [0.5, 0.6) is 0 Å². The van der Waals surface area contributed by atoms with Crippen molar-refractivity contribution in [2.75, 3.05) is 6.54 Å². The molecule has 0 aliphatic heterocycles. The van der Waals surface area contributed by atoms with E-state index in [-0.39, 0.29) is 16.5 Å². The highest BCUT2D eigenvalue weighted by Gasteiger charge is 2.19. The molecule has 1 amide bonds. The van der Waals surface area contributed by atoms with Crippen LogP contribution in [-0.2, 0) is 6.42 Å². The van der Waals surface area contributed by atoms with E-state index in [1.54, 1.807) is 19.1 Å². The molecule has 4 aromatic rings. The second kappa shape index (κ2) is 8.42. The Bertz CT molecular complexity index is 1240. The van der Waals surface area contributed by atoms with Gasteiger partial charge in [-0.15, -0.1) is 0 Å². The zero-order valence-corrected chi connectivity index (χ0v) is 17.5. The fourth-order valence-electron chi connectivity index (χ4n) is 3.31. The SMILES string of the molecule is Cc1c(C(=O)NCCc2cccc(Cl)c2)cnc2c(-c3c(F)cccc3Cl)cnn12. The van der Waals surface area contributed by atoms with Crippen LogP contribution in [-0.4, -0.2) is 27.0 Å². The van der Waals surface area contributed by atoms with Crippen LogP contribution >= 0.6 is 23.2 Å². The molecular formula is C22H17Cl2FN4O. The third-order valence-electron chi connectivity index (χ3n) is 4.83. The Morgan fingerprint density at radius 1 is 1.17 bits per heavy atom. The lowest BCUT2D eigenvalue weighted by atomic mass is 10.1. The quantitative estimate of drug-likeness (QED) is 0.466. The normalized spacial score (nSPS) is 11.1. The van der Waals surface area contributed by atoms with E-state index in [1.165, 1.54) is 29.0 Å². The molecule has 30 heavy (non-hydrogen) atoms. The van der Waals surface area contributed by atoms with Gasteiger partial charge in [-0.1, -0.05) is 41.4 Å². The molecule has 0 aliphatic rings. The molecule has 0 unspecified atom stereocenters. The molecule has 2 heterocycles. The van der Waals surface area contributed by atoms with E-state index >= 15 is 0 Å². The molecule has 0 radical (unpaired) electrons. The Balaban J connectivity index is 1.57. The van der Waals surface area contributed by atoms with Gasteiger partial charge in [-0.05, 0) is 43.2 Å². The first-order valence-corrected chi connectivity index (χ1v) is 10.0. The maximum Gasteiger partial charge on any atom is 0.254 e. The van der Waals surface area contributed by atoms with Crippen LogP contribution in [0.15, 0.2) is 54.9 Å². The lowest BCUT2D eigenvalue weighted by Crippen LogP contribution is -2.27. The summed E-state index contributed by atoms with van der Waals surface area (Å²) >= 11 is 12.2. The number of carbonyl (C=O) groups is 1. The summed E-state index contributed by atoms with van der Waals surface area (Å²) in [6.07, 6.45) is 3.62. The fraction of sp³-hybridized carbons (Fsp3) is 0.136. The topological polar surface area (TPSA) is 59.3 Å². The molecule has 0 atom stereocenters. The van der Waals surface area contributed by atoms with Crippen molar-refractivity contribution in [2.45, 2.75) is 13.3 Å². The minimum atomic E-state index is -0.459. The highest BCUT2D eigenvalue weighted by atomic mass is 35.5. The smallest absolute Gasteiger partial charge is 0.254 e. The van der Waals surface area contributed by atoms with Crippen molar-refractivity contribution in [1.29, 1.82) is 0 Å². The van der Waals surface area contributed by atoms with E-state index in [9.17, 15) is 9.18 Å². The number of halogens is 3. The standard InChI is InChI=1S/C22H17Cl2FN4O/c1-13-16(22(30)26-9-8-14-4-2-5-15(23)10-14)11-27-21-17(12-28-29(13)21)20-18(24)6-3-7-19(20)25/h2-7,10-12H,8-9H2,1H3,(H,26,30). The Morgan fingerprint density at radius 3 is 2.73 bits per heavy atom. The number of rotatable bonds is 5. The first kappa shape index (κ1) is 20.3. The van der Waals surface area contributed by atoms with Crippen LogP contribution in [0.4, 0.5) is 4.39 Å². The molecule has 0 saturated carbocycles. The van der Waals surface area contributed by atoms with Gasteiger partial charge in [-0.25, -0.2) is 13.9 Å². The van der Waals surface area contributed by atoms with Crippen LogP contribution in [0.2, 0.25) is 10.0 Å². The predicted octanol–water partition coefficient (Wildman–Crippen LogP) is 5.12. The number of hydrogen-bond donors (Lipinski definition) is 1. The Morgan fingerprint density at radius 2 is 1.97 bits per heavy atom. The molecule has 0 bridgehead atoms. The van der Waals surface area contributed by atoms with Crippen LogP contribution in [0.1, 0.15) is 21.6 Å². The molecule has 2 aromatic carbocycles. The van der Waals surface area contributed by atoms with Crippen molar-refractivity contribution in [1.82, 2.24) is 19.9 Å². The molecule has 5 nitrogen and oxygen atoms in total. The molecular weight excluding hydrogens is 426 g/mol. The Labute approximate surface area is 182 Å². The zero-order valence-electron chi connectivity index (χ0n) is 16.0. The average Bonchev–Trinajstić information content (AvgIpc) is 3.13. The van der Waals surface area contributed by atoms with E-state index in [0.29, 0.717) is 40.5 Å². The number of benzene rings is 2. The average molecular weight is 443 g/mol. The van der Waals surface area contributed by atoms with E-state index in [0.717, 1.165) is 5.56 Å². The number of fused-ring (bicyclic) bond motifs is 1. The maximum absolute atomic E-state index is 14.3. The van der Waals surface area contributed by atoms with Crippen molar-refractivity contribution in [3.05, 3.63) is 87.5 Å². The molecule has 0 fully saturated rings. The Kier molecular flexibility index (Phi) is 5.70. The minimum absolute atomic E-state index is 0.236. The van der Waals surface area contributed by atoms with Gasteiger partial charge in [0.2, 0.25) is 0 Å². The molecule has 152 valence electrons. The van der Waals surface area contributed by atoms with Gasteiger partial charge in [0.15, 0.2) is 5.65 Å². The van der Waals surface area contributed by atoms with Crippen LogP contribution in [0.25, 0.3) is 16.8 Å². The van der Waals surface area contributed by atoms with E-state index in [2.05, 4.69) is 15.4 Å². The predicted molar refractivity (Wildman–Crippen MR) is 116 cm³/mol. The van der Waals surface area contributed by atoms with Crippen molar-refractivity contribution in [3.63, 3.8) is 0 Å². The summed E-state index contributed by atoms with van der Waals surface area (Å²) in [5, 5.41) is 8.11. The van der Waals surface area contributed by atoms with Crippen molar-refractivity contribution >= 4 is 34.8 Å². The number of hydrogen-bond acceptors (Lipinski definition) is 3. The van der Waals surface area contributed by atoms with Crippen molar-refractivity contribution in [2.24, 2.45) is 0 Å². The third kappa shape index (κ3) is 3.88. The zero-order chi connectivity index (χ0) is 21.3. The summed E-state index contributed by atoms with van der Waals surface area (Å²) in [4.78, 5) is 17.0. The van der Waals surface area contributed by atoms with Crippen LogP contribution in [0, 0.1) is 12.7 Å². The monoisotopic (exact) mass is 442 g/mol. The van der Waals surface area contributed by atoms with Gasteiger partial charge in [0.05, 0.1) is 28.0 Å². The fourth-order valence-corrected chi connectivity index (χ4v) is 3.79. The summed E-state index contributed by atoms with van der Waals surface area (Å²) < 4.78 is 15.9. The number of aryl methyl sites for hydroxylation is 1. The maximum atomic E-state index is 14.3. The van der Waals surface area contributed by atoms with Gasteiger partial charge < -0.3 is 5.32 Å². The van der Waals surface area contributed by atoms with Gasteiger partial charge in [-0.3, -0.25) is 4.79 Å². The lowest BCUT2D eigenvalue weighted by molar-refractivity contribution is 0.0952. The third-order valence-corrected chi connectivity index (χ3v) is 5.38. The van der Waals surface area contributed by atoms with Crippen molar-refractivity contribution in [3.8, 4) is 11.1 Å². The second-order valence-electron chi connectivity index (χ2n) is 6.78. The molecule has 1 N–H and O–H groups in total. The van der Waals surface area contributed by atoms with Gasteiger partial charge in [-0.2, -0.15) is 5.10 Å². The summed E-state index contributed by atoms with van der Waals surface area (Å²) in [7, 11) is 0. The lowest BCUT2D eigenvalue weighted by Gasteiger charge is -2.10. The van der Waals surface area contributed by atoms with Gasteiger partial charge in [0.25, 0.3) is 5.91 Å². The molecule has 4 rings (SSSR count). The number of nitrogens with zero attached hydrogens (tertiary/aromatic N) is 3. The summed E-state index contributed by atoms with van der Waals surface area (Å²) in [6, 6.07) is 12.0. The van der Waals surface area contributed by atoms with Gasteiger partial charge >= 0.3 is 0 Å². The first-order chi connectivity index (χ1) is 14.5.